The van der Waals surface area contributed by atoms with E-state index in [4.69, 9.17) is 0 Å². The van der Waals surface area contributed by atoms with Crippen LogP contribution in [0.2, 0.25) is 0 Å². The quantitative estimate of drug-likeness (QED) is 0.702. The fraction of sp³-hybridized carbons (Fsp3) is 0.750. The average Bonchev–Trinajstić information content (AvgIpc) is 2.52. The average molecular weight is 194 g/mol. The zero-order valence-electron chi connectivity index (χ0n) is 9.83. The van der Waals surface area contributed by atoms with Crippen molar-refractivity contribution in [1.29, 1.82) is 0 Å². The summed E-state index contributed by atoms with van der Waals surface area (Å²) in [6.45, 7) is 10.1. The highest BCUT2D eigenvalue weighted by molar-refractivity contribution is 4.97. The molecule has 0 radical (unpaired) electrons. The van der Waals surface area contributed by atoms with Gasteiger partial charge < -0.3 is 4.57 Å². The summed E-state index contributed by atoms with van der Waals surface area (Å²) in [6, 6.07) is 0. The van der Waals surface area contributed by atoms with Crippen LogP contribution in [0.5, 0.6) is 0 Å². The summed E-state index contributed by atoms with van der Waals surface area (Å²) < 4.78 is 2.30. The molecule has 0 N–H and O–H groups in total. The molecule has 0 spiro atoms. The molecular weight excluding hydrogens is 172 g/mol. The first-order valence-corrected chi connectivity index (χ1v) is 5.66. The van der Waals surface area contributed by atoms with Crippen molar-refractivity contribution in [1.82, 2.24) is 9.55 Å². The lowest BCUT2D eigenvalue weighted by molar-refractivity contribution is 0.432. The van der Waals surface area contributed by atoms with Crippen LogP contribution in [0.4, 0.5) is 0 Å². The zero-order chi connectivity index (χ0) is 10.6. The molecule has 0 aromatic carbocycles. The Labute approximate surface area is 87.4 Å². The third-order valence-corrected chi connectivity index (χ3v) is 2.55. The molecule has 0 fully saturated rings. The van der Waals surface area contributed by atoms with E-state index in [9.17, 15) is 0 Å². The van der Waals surface area contributed by atoms with Crippen molar-refractivity contribution in [2.24, 2.45) is 5.92 Å². The van der Waals surface area contributed by atoms with Crippen LogP contribution in [0.3, 0.4) is 0 Å². The van der Waals surface area contributed by atoms with Gasteiger partial charge in [-0.3, -0.25) is 0 Å². The molecule has 1 heterocycles. The Hall–Kier alpha value is -0.790. The van der Waals surface area contributed by atoms with Gasteiger partial charge in [0.05, 0.1) is 0 Å². The molecule has 1 atom stereocenters. The summed E-state index contributed by atoms with van der Waals surface area (Å²) in [5.74, 6) is 2.50. The number of hydrogen-bond donors (Lipinski definition) is 0. The SMILES string of the molecule is CCCC(C)Cn1ccnc1C(C)C. The van der Waals surface area contributed by atoms with Crippen molar-refractivity contribution < 1.29 is 0 Å². The van der Waals surface area contributed by atoms with Gasteiger partial charge in [-0.25, -0.2) is 4.98 Å². The second-order valence-corrected chi connectivity index (χ2v) is 4.49. The highest BCUT2D eigenvalue weighted by Gasteiger charge is 2.09. The third-order valence-electron chi connectivity index (χ3n) is 2.55. The Bertz CT molecular complexity index is 263. The maximum Gasteiger partial charge on any atom is 0.111 e. The van der Waals surface area contributed by atoms with Crippen molar-refractivity contribution >= 4 is 0 Å². The summed E-state index contributed by atoms with van der Waals surface area (Å²) in [6.07, 6.45) is 6.58. The molecule has 0 bridgehead atoms. The molecule has 0 amide bonds. The van der Waals surface area contributed by atoms with Gasteiger partial charge in [0.1, 0.15) is 5.82 Å². The van der Waals surface area contributed by atoms with E-state index in [1.165, 1.54) is 18.7 Å². The zero-order valence-corrected chi connectivity index (χ0v) is 9.83. The summed E-state index contributed by atoms with van der Waals surface area (Å²) in [5.41, 5.74) is 0. The van der Waals surface area contributed by atoms with Crippen LogP contribution in [-0.2, 0) is 6.54 Å². The van der Waals surface area contributed by atoms with Crippen LogP contribution >= 0.6 is 0 Å². The monoisotopic (exact) mass is 194 g/mol. The van der Waals surface area contributed by atoms with Crippen molar-refractivity contribution in [3.63, 3.8) is 0 Å². The summed E-state index contributed by atoms with van der Waals surface area (Å²) in [5, 5.41) is 0. The molecule has 0 aliphatic heterocycles. The van der Waals surface area contributed by atoms with Crippen molar-refractivity contribution in [3.8, 4) is 0 Å². The van der Waals surface area contributed by atoms with Gasteiger partial charge in [0.15, 0.2) is 0 Å². The van der Waals surface area contributed by atoms with Crippen LogP contribution in [0.15, 0.2) is 12.4 Å². The van der Waals surface area contributed by atoms with E-state index in [1.807, 2.05) is 6.20 Å². The lowest BCUT2D eigenvalue weighted by atomic mass is 10.1. The van der Waals surface area contributed by atoms with Crippen molar-refractivity contribution in [2.75, 3.05) is 0 Å². The van der Waals surface area contributed by atoms with E-state index in [1.54, 1.807) is 0 Å². The van der Waals surface area contributed by atoms with Gasteiger partial charge in [0.2, 0.25) is 0 Å². The number of nitrogens with zero attached hydrogens (tertiary/aromatic N) is 2. The van der Waals surface area contributed by atoms with Gasteiger partial charge in [-0.05, 0) is 12.3 Å². The fourth-order valence-corrected chi connectivity index (χ4v) is 1.90. The molecule has 2 nitrogen and oxygen atoms in total. The molecule has 0 aliphatic carbocycles. The van der Waals surface area contributed by atoms with Crippen LogP contribution < -0.4 is 0 Å². The summed E-state index contributed by atoms with van der Waals surface area (Å²) in [7, 11) is 0. The minimum atomic E-state index is 0.527. The number of imidazole rings is 1. The molecule has 1 unspecified atom stereocenters. The molecule has 0 saturated carbocycles. The molecule has 0 saturated heterocycles. The van der Waals surface area contributed by atoms with E-state index in [0.717, 1.165) is 12.5 Å². The van der Waals surface area contributed by atoms with Gasteiger partial charge in [-0.1, -0.05) is 34.1 Å². The lowest BCUT2D eigenvalue weighted by Gasteiger charge is -2.14. The first-order chi connectivity index (χ1) is 6.65. The van der Waals surface area contributed by atoms with Gasteiger partial charge in [0, 0.05) is 24.9 Å². The Morgan fingerprint density at radius 3 is 2.64 bits per heavy atom. The van der Waals surface area contributed by atoms with Crippen molar-refractivity contribution in [3.05, 3.63) is 18.2 Å². The molecule has 0 aliphatic rings. The normalized spacial score (nSPS) is 13.5. The second kappa shape index (κ2) is 5.18. The van der Waals surface area contributed by atoms with E-state index in [2.05, 4.69) is 43.4 Å². The fourth-order valence-electron chi connectivity index (χ4n) is 1.90. The second-order valence-electron chi connectivity index (χ2n) is 4.49. The Balaban J connectivity index is 2.61. The predicted molar refractivity (Wildman–Crippen MR) is 60.4 cm³/mol. The van der Waals surface area contributed by atoms with Crippen LogP contribution in [0.25, 0.3) is 0 Å². The van der Waals surface area contributed by atoms with E-state index in [0.29, 0.717) is 5.92 Å². The summed E-state index contributed by atoms with van der Waals surface area (Å²) in [4.78, 5) is 4.39. The minimum Gasteiger partial charge on any atom is -0.334 e. The molecule has 1 aromatic rings. The molecule has 80 valence electrons. The van der Waals surface area contributed by atoms with Gasteiger partial charge >= 0.3 is 0 Å². The van der Waals surface area contributed by atoms with Gasteiger partial charge in [-0.2, -0.15) is 0 Å². The van der Waals surface area contributed by atoms with Gasteiger partial charge in [0.25, 0.3) is 0 Å². The van der Waals surface area contributed by atoms with E-state index >= 15 is 0 Å². The first kappa shape index (κ1) is 11.3. The molecule has 14 heavy (non-hydrogen) atoms. The smallest absolute Gasteiger partial charge is 0.111 e. The largest absolute Gasteiger partial charge is 0.334 e. The van der Waals surface area contributed by atoms with Crippen LogP contribution in [-0.4, -0.2) is 9.55 Å². The third kappa shape index (κ3) is 2.86. The van der Waals surface area contributed by atoms with Crippen LogP contribution in [0.1, 0.15) is 52.3 Å². The standard InChI is InChI=1S/C12H22N2/c1-5-6-11(4)9-14-8-7-13-12(14)10(2)3/h7-8,10-11H,5-6,9H2,1-4H3. The maximum atomic E-state index is 4.39. The Kier molecular flexibility index (Phi) is 4.18. The van der Waals surface area contributed by atoms with E-state index < -0.39 is 0 Å². The maximum absolute atomic E-state index is 4.39. The highest BCUT2D eigenvalue weighted by Crippen LogP contribution is 2.15. The van der Waals surface area contributed by atoms with Crippen molar-refractivity contribution in [2.45, 2.75) is 53.0 Å². The molecule has 1 aromatic heterocycles. The van der Waals surface area contributed by atoms with Crippen LogP contribution in [0, 0.1) is 5.92 Å². The lowest BCUT2D eigenvalue weighted by Crippen LogP contribution is -2.10. The molecule has 2 heteroatoms. The summed E-state index contributed by atoms with van der Waals surface area (Å²) >= 11 is 0. The number of hydrogen-bond acceptors (Lipinski definition) is 1. The predicted octanol–water partition coefficient (Wildman–Crippen LogP) is 3.44. The molecule has 1 rings (SSSR count). The van der Waals surface area contributed by atoms with Gasteiger partial charge in [-0.15, -0.1) is 0 Å². The number of rotatable bonds is 5. The molecular formula is C12H22N2. The topological polar surface area (TPSA) is 17.8 Å². The minimum absolute atomic E-state index is 0.527. The Morgan fingerprint density at radius 2 is 2.07 bits per heavy atom. The number of aromatic nitrogens is 2. The first-order valence-electron chi connectivity index (χ1n) is 5.66. The highest BCUT2D eigenvalue weighted by atomic mass is 15.1. The Morgan fingerprint density at radius 1 is 1.36 bits per heavy atom. The van der Waals surface area contributed by atoms with E-state index in [-0.39, 0.29) is 0 Å².